The summed E-state index contributed by atoms with van der Waals surface area (Å²) in [5, 5.41) is 14.0. The van der Waals surface area contributed by atoms with Gasteiger partial charge in [-0.15, -0.1) is 0 Å². The van der Waals surface area contributed by atoms with Gasteiger partial charge in [0.05, 0.1) is 39.9 Å². The first-order valence-electron chi connectivity index (χ1n) is 30.8. The Morgan fingerprint density at radius 3 is 1.17 bits per heavy atom. The van der Waals surface area contributed by atoms with Crippen LogP contribution >= 0.6 is 7.82 Å². The lowest BCUT2D eigenvalue weighted by molar-refractivity contribution is -0.870. The predicted octanol–water partition coefficient (Wildman–Crippen LogP) is 19.2. The van der Waals surface area contributed by atoms with Gasteiger partial charge < -0.3 is 19.8 Å². The van der Waals surface area contributed by atoms with Crippen molar-refractivity contribution in [1.29, 1.82) is 0 Å². The average molecular weight is 1070 g/mol. The number of hydrogen-bond donors (Lipinski definition) is 3. The summed E-state index contributed by atoms with van der Waals surface area (Å²) in [6.45, 7) is 4.70. The molecule has 1 amide bonds. The Bertz CT molecular complexity index is 1590. The highest BCUT2D eigenvalue weighted by molar-refractivity contribution is 7.47. The number of rotatable bonds is 55. The third-order valence-corrected chi connectivity index (χ3v) is 14.2. The largest absolute Gasteiger partial charge is 0.472 e. The van der Waals surface area contributed by atoms with Crippen molar-refractivity contribution in [2.45, 2.75) is 264 Å². The van der Waals surface area contributed by atoms with Crippen molar-refractivity contribution in [2.24, 2.45) is 0 Å². The van der Waals surface area contributed by atoms with Gasteiger partial charge in [0, 0.05) is 6.42 Å². The molecule has 0 spiro atoms. The summed E-state index contributed by atoms with van der Waals surface area (Å²) in [7, 11) is 1.55. The lowest BCUT2D eigenvalue weighted by Crippen LogP contribution is -2.45. The fraction of sp³-hybridized carbons (Fsp3) is 0.712. The minimum atomic E-state index is -4.36. The molecule has 432 valence electrons. The molecular formula is C66H118N2O6P+. The van der Waals surface area contributed by atoms with Gasteiger partial charge in [-0.2, -0.15) is 0 Å². The topological polar surface area (TPSA) is 105 Å². The zero-order chi connectivity index (χ0) is 54.9. The normalized spacial score (nSPS) is 14.6. The Kier molecular flexibility index (Phi) is 53.8. The van der Waals surface area contributed by atoms with Crippen molar-refractivity contribution < 1.29 is 32.9 Å². The van der Waals surface area contributed by atoms with Gasteiger partial charge in [0.15, 0.2) is 0 Å². The van der Waals surface area contributed by atoms with E-state index in [4.69, 9.17) is 9.05 Å². The van der Waals surface area contributed by atoms with E-state index in [2.05, 4.69) is 116 Å². The number of allylic oxidation sites excluding steroid dienone is 17. The molecule has 0 aliphatic carbocycles. The summed E-state index contributed by atoms with van der Waals surface area (Å²) in [4.78, 5) is 23.3. The van der Waals surface area contributed by atoms with Gasteiger partial charge in [0.1, 0.15) is 13.2 Å². The molecule has 0 saturated heterocycles. The smallest absolute Gasteiger partial charge is 0.387 e. The number of unbranched alkanes of at least 4 members (excludes halogenated alkanes) is 26. The summed E-state index contributed by atoms with van der Waals surface area (Å²) >= 11 is 0. The molecule has 0 aromatic rings. The number of aliphatic hydroxyl groups excluding tert-OH is 1. The number of amides is 1. The Morgan fingerprint density at radius 1 is 0.467 bits per heavy atom. The SMILES string of the molecule is CC/C=C\C/C=C\C/C=C\C/C=C\C/C=C\C/C=C\C/C=C\C/C=C\CCCCCCCCC(=O)NC(COP(=O)(O)OCC[N+](C)(C)C)C(O)/C=C/CCCCCCCCCCCCCCCCCCCCCC. The Balaban J connectivity index is 4.26. The van der Waals surface area contributed by atoms with Crippen molar-refractivity contribution in [3.8, 4) is 0 Å². The number of quaternary nitrogens is 1. The maximum atomic E-state index is 13.0. The minimum Gasteiger partial charge on any atom is -0.387 e. The summed E-state index contributed by atoms with van der Waals surface area (Å²) in [6, 6.07) is -0.864. The van der Waals surface area contributed by atoms with E-state index >= 15 is 0 Å². The van der Waals surface area contributed by atoms with E-state index in [0.717, 1.165) is 103 Å². The van der Waals surface area contributed by atoms with Crippen molar-refractivity contribution in [3.63, 3.8) is 0 Å². The van der Waals surface area contributed by atoms with Gasteiger partial charge in [-0.05, 0) is 83.5 Å². The molecule has 0 fully saturated rings. The Labute approximate surface area is 463 Å². The molecule has 0 aromatic carbocycles. The van der Waals surface area contributed by atoms with Gasteiger partial charge in [0.25, 0.3) is 0 Å². The summed E-state index contributed by atoms with van der Waals surface area (Å²) in [6.07, 6.45) is 81.9. The molecule has 3 unspecified atom stereocenters. The number of nitrogens with zero attached hydrogens (tertiary/aromatic N) is 1. The third-order valence-electron chi connectivity index (χ3n) is 13.2. The molecule has 0 aliphatic rings. The van der Waals surface area contributed by atoms with Gasteiger partial charge >= 0.3 is 7.82 Å². The van der Waals surface area contributed by atoms with Crippen LogP contribution in [0.15, 0.2) is 109 Å². The standard InChI is InChI=1S/C66H117N2O6P/c1-6-8-10-12-14-16-18-20-22-24-26-28-30-31-32-33-34-35-36-37-38-40-42-44-46-48-50-52-54-56-58-60-66(70)67-64(63-74-75(71,72)73-62-61-68(3,4)5)65(69)59-57-55-53-51-49-47-45-43-41-39-29-27-25-23-21-19-17-15-13-11-9-7-2/h8,10,14,16,20,22,26,28,31-32,34-35,37-38,42,44,57,59,64-65,69H,6-7,9,11-13,15,17-19,21,23-25,27,29-30,33,36,39-41,43,45-56,58,60-63H2,1-5H3,(H-,67,70,71,72)/p+1/b10-8-,16-14-,22-20-,28-26-,32-31-,35-34-,38-37-,44-42-,59-57+. The van der Waals surface area contributed by atoms with E-state index in [0.29, 0.717) is 17.4 Å². The van der Waals surface area contributed by atoms with E-state index < -0.39 is 20.0 Å². The van der Waals surface area contributed by atoms with Crippen LogP contribution in [-0.2, 0) is 18.4 Å². The quantitative estimate of drug-likeness (QED) is 0.0243. The fourth-order valence-electron chi connectivity index (χ4n) is 8.47. The molecule has 3 atom stereocenters. The molecule has 0 aliphatic heterocycles. The molecule has 9 heteroatoms. The lowest BCUT2D eigenvalue weighted by atomic mass is 10.0. The molecule has 0 bridgehead atoms. The number of nitrogens with one attached hydrogen (secondary N) is 1. The van der Waals surface area contributed by atoms with Crippen LogP contribution in [0.4, 0.5) is 0 Å². The number of hydrogen-bond acceptors (Lipinski definition) is 5. The van der Waals surface area contributed by atoms with Crippen molar-refractivity contribution in [3.05, 3.63) is 109 Å². The van der Waals surface area contributed by atoms with E-state index in [1.165, 1.54) is 128 Å². The van der Waals surface area contributed by atoms with Crippen LogP contribution in [0, 0.1) is 0 Å². The zero-order valence-electron chi connectivity index (χ0n) is 49.3. The molecule has 75 heavy (non-hydrogen) atoms. The van der Waals surface area contributed by atoms with Crippen LogP contribution in [0.1, 0.15) is 251 Å². The first-order valence-corrected chi connectivity index (χ1v) is 32.3. The second-order valence-corrected chi connectivity index (χ2v) is 23.2. The van der Waals surface area contributed by atoms with E-state index in [1.54, 1.807) is 6.08 Å². The van der Waals surface area contributed by atoms with Gasteiger partial charge in [-0.3, -0.25) is 13.8 Å². The van der Waals surface area contributed by atoms with Crippen LogP contribution < -0.4 is 5.32 Å². The van der Waals surface area contributed by atoms with Crippen LogP contribution in [-0.4, -0.2) is 73.4 Å². The highest BCUT2D eigenvalue weighted by Crippen LogP contribution is 2.43. The van der Waals surface area contributed by atoms with E-state index in [1.807, 2.05) is 27.2 Å². The summed E-state index contributed by atoms with van der Waals surface area (Å²) in [5.74, 6) is -0.194. The van der Waals surface area contributed by atoms with Crippen molar-refractivity contribution >= 4 is 13.7 Å². The van der Waals surface area contributed by atoms with E-state index in [9.17, 15) is 19.4 Å². The second-order valence-electron chi connectivity index (χ2n) is 21.7. The summed E-state index contributed by atoms with van der Waals surface area (Å²) < 4.78 is 23.7. The van der Waals surface area contributed by atoms with Gasteiger partial charge in [-0.25, -0.2) is 4.57 Å². The monoisotopic (exact) mass is 1070 g/mol. The molecule has 0 saturated carbocycles. The molecule has 0 radical (unpaired) electrons. The zero-order valence-corrected chi connectivity index (χ0v) is 50.1. The van der Waals surface area contributed by atoms with Gasteiger partial charge in [-0.1, -0.05) is 271 Å². The molecule has 8 nitrogen and oxygen atoms in total. The predicted molar refractivity (Wildman–Crippen MR) is 327 cm³/mol. The van der Waals surface area contributed by atoms with Crippen molar-refractivity contribution in [1.82, 2.24) is 5.32 Å². The maximum Gasteiger partial charge on any atom is 0.472 e. The third kappa shape index (κ3) is 58.7. The highest BCUT2D eigenvalue weighted by atomic mass is 31.2. The molecule has 0 heterocycles. The number of carbonyl (C=O) groups excluding carboxylic acids is 1. The Hall–Kier alpha value is -2.84. The van der Waals surface area contributed by atoms with E-state index in [-0.39, 0.29) is 19.1 Å². The fourth-order valence-corrected chi connectivity index (χ4v) is 9.21. The van der Waals surface area contributed by atoms with Crippen LogP contribution in [0.2, 0.25) is 0 Å². The van der Waals surface area contributed by atoms with Crippen molar-refractivity contribution in [2.75, 3.05) is 40.9 Å². The highest BCUT2D eigenvalue weighted by Gasteiger charge is 2.27. The molecule has 3 N–H and O–H groups in total. The number of phosphoric acid groups is 1. The van der Waals surface area contributed by atoms with Crippen LogP contribution in [0.5, 0.6) is 0 Å². The molecule has 0 aromatic heterocycles. The van der Waals surface area contributed by atoms with Crippen LogP contribution in [0.25, 0.3) is 0 Å². The maximum absolute atomic E-state index is 13.0. The second kappa shape index (κ2) is 55.9. The first kappa shape index (κ1) is 72.2. The van der Waals surface area contributed by atoms with Gasteiger partial charge in [0.2, 0.25) is 5.91 Å². The first-order chi connectivity index (χ1) is 36.5. The Morgan fingerprint density at radius 2 is 0.800 bits per heavy atom. The number of phosphoric ester groups is 1. The number of carbonyl (C=O) groups is 1. The number of likely N-dealkylation sites (N-methyl/N-ethyl adjacent to an activating group) is 1. The average Bonchev–Trinajstić information content (AvgIpc) is 3.37. The lowest BCUT2D eigenvalue weighted by Gasteiger charge is -2.25. The minimum absolute atomic E-state index is 0.0530. The summed E-state index contributed by atoms with van der Waals surface area (Å²) in [5.41, 5.74) is 0. The molecular weight excluding hydrogens is 948 g/mol. The number of aliphatic hydroxyl groups is 1. The molecule has 0 rings (SSSR count). The van der Waals surface area contributed by atoms with Crippen LogP contribution in [0.3, 0.4) is 0 Å².